The molecule has 0 aromatic heterocycles. The Morgan fingerprint density at radius 3 is 2.00 bits per heavy atom. The number of anilines is 1. The summed E-state index contributed by atoms with van der Waals surface area (Å²) in [5, 5.41) is 6.36. The number of amides is 1. The van der Waals surface area contributed by atoms with E-state index in [1.54, 1.807) is 0 Å². The molecule has 1 rings (SSSR count). The fourth-order valence-corrected chi connectivity index (χ4v) is 2.29. The Bertz CT molecular complexity index is 440. The van der Waals surface area contributed by atoms with Gasteiger partial charge >= 0.3 is 0 Å². The van der Waals surface area contributed by atoms with Crippen LogP contribution in [0.25, 0.3) is 0 Å². The number of para-hydroxylation sites is 1. The van der Waals surface area contributed by atoms with Gasteiger partial charge in [0, 0.05) is 11.7 Å². The van der Waals surface area contributed by atoms with Crippen molar-refractivity contribution in [2.75, 3.05) is 11.9 Å². The highest BCUT2D eigenvalue weighted by molar-refractivity contribution is 5.94. The van der Waals surface area contributed by atoms with E-state index in [0.29, 0.717) is 24.4 Å². The van der Waals surface area contributed by atoms with E-state index in [1.807, 2.05) is 0 Å². The summed E-state index contributed by atoms with van der Waals surface area (Å²) in [4.78, 5) is 12.2. The molecule has 0 aliphatic heterocycles. The maximum absolute atomic E-state index is 12.2. The second kappa shape index (κ2) is 8.18. The monoisotopic (exact) mass is 290 g/mol. The van der Waals surface area contributed by atoms with Gasteiger partial charge in [-0.3, -0.25) is 4.79 Å². The van der Waals surface area contributed by atoms with Crippen molar-refractivity contribution >= 4 is 11.6 Å². The van der Waals surface area contributed by atoms with Crippen LogP contribution in [0.2, 0.25) is 0 Å². The summed E-state index contributed by atoms with van der Waals surface area (Å²) in [6.45, 7) is 13.2. The third-order valence-corrected chi connectivity index (χ3v) is 3.86. The standard InChI is InChI=1S/C18H30N2O/c1-7-14(6)19-11-17(21)20-18-15(12(2)3)9-8-10-16(18)13(4)5/h8-10,12-14,19H,7,11H2,1-6H3,(H,20,21). The van der Waals surface area contributed by atoms with Crippen LogP contribution in [0.5, 0.6) is 0 Å². The van der Waals surface area contributed by atoms with Crippen molar-refractivity contribution < 1.29 is 4.79 Å². The molecule has 118 valence electrons. The van der Waals surface area contributed by atoms with E-state index in [1.165, 1.54) is 11.1 Å². The molecule has 0 radical (unpaired) electrons. The number of carbonyl (C=O) groups is 1. The lowest BCUT2D eigenvalue weighted by Gasteiger charge is -2.20. The summed E-state index contributed by atoms with van der Waals surface area (Å²) in [7, 11) is 0. The van der Waals surface area contributed by atoms with Crippen LogP contribution >= 0.6 is 0 Å². The molecule has 0 spiro atoms. The van der Waals surface area contributed by atoms with Gasteiger partial charge in [0.1, 0.15) is 0 Å². The fraction of sp³-hybridized carbons (Fsp3) is 0.611. The molecule has 1 aromatic carbocycles. The normalized spacial score (nSPS) is 12.8. The Hall–Kier alpha value is -1.35. The molecule has 1 amide bonds. The van der Waals surface area contributed by atoms with E-state index < -0.39 is 0 Å². The summed E-state index contributed by atoms with van der Waals surface area (Å²) >= 11 is 0. The number of hydrogen-bond donors (Lipinski definition) is 2. The molecular formula is C18H30N2O. The zero-order valence-corrected chi connectivity index (χ0v) is 14.3. The van der Waals surface area contributed by atoms with Gasteiger partial charge < -0.3 is 10.6 Å². The van der Waals surface area contributed by atoms with Crippen molar-refractivity contribution in [2.45, 2.75) is 65.8 Å². The highest BCUT2D eigenvalue weighted by Gasteiger charge is 2.15. The van der Waals surface area contributed by atoms with Crippen molar-refractivity contribution in [3.8, 4) is 0 Å². The minimum Gasteiger partial charge on any atom is -0.324 e. The molecule has 0 saturated heterocycles. The summed E-state index contributed by atoms with van der Waals surface area (Å²) in [6.07, 6.45) is 1.02. The third kappa shape index (κ3) is 5.16. The largest absolute Gasteiger partial charge is 0.324 e. The quantitative estimate of drug-likeness (QED) is 0.787. The van der Waals surface area contributed by atoms with E-state index in [-0.39, 0.29) is 5.91 Å². The smallest absolute Gasteiger partial charge is 0.238 e. The van der Waals surface area contributed by atoms with Gasteiger partial charge in [0.2, 0.25) is 5.91 Å². The summed E-state index contributed by atoms with van der Waals surface area (Å²) in [6, 6.07) is 6.65. The first-order valence-electron chi connectivity index (χ1n) is 8.02. The van der Waals surface area contributed by atoms with Crippen molar-refractivity contribution in [1.29, 1.82) is 0 Å². The maximum Gasteiger partial charge on any atom is 0.238 e. The van der Waals surface area contributed by atoms with Crippen LogP contribution < -0.4 is 10.6 Å². The predicted molar refractivity (Wildman–Crippen MR) is 91.0 cm³/mol. The van der Waals surface area contributed by atoms with Gasteiger partial charge in [-0.05, 0) is 36.3 Å². The second-order valence-electron chi connectivity index (χ2n) is 6.36. The van der Waals surface area contributed by atoms with Crippen LogP contribution in [0, 0.1) is 0 Å². The average molecular weight is 290 g/mol. The first-order valence-corrected chi connectivity index (χ1v) is 8.02. The van der Waals surface area contributed by atoms with E-state index in [2.05, 4.69) is 70.4 Å². The Morgan fingerprint density at radius 2 is 1.57 bits per heavy atom. The van der Waals surface area contributed by atoms with Crippen LogP contribution in [0.4, 0.5) is 5.69 Å². The van der Waals surface area contributed by atoms with Crippen molar-refractivity contribution in [3.05, 3.63) is 29.3 Å². The Morgan fingerprint density at radius 1 is 1.05 bits per heavy atom. The first-order chi connectivity index (χ1) is 9.86. The van der Waals surface area contributed by atoms with Crippen LogP contribution in [-0.4, -0.2) is 18.5 Å². The molecule has 21 heavy (non-hydrogen) atoms. The van der Waals surface area contributed by atoms with Crippen LogP contribution in [-0.2, 0) is 4.79 Å². The Kier molecular flexibility index (Phi) is 6.90. The second-order valence-corrected chi connectivity index (χ2v) is 6.36. The molecule has 3 heteroatoms. The molecule has 1 atom stereocenters. The van der Waals surface area contributed by atoms with Gasteiger partial charge in [-0.15, -0.1) is 0 Å². The minimum atomic E-state index is 0.0327. The number of nitrogens with one attached hydrogen (secondary N) is 2. The molecule has 3 nitrogen and oxygen atoms in total. The highest BCUT2D eigenvalue weighted by atomic mass is 16.1. The van der Waals surface area contributed by atoms with Crippen LogP contribution in [0.15, 0.2) is 18.2 Å². The van der Waals surface area contributed by atoms with Crippen molar-refractivity contribution in [2.24, 2.45) is 0 Å². The molecular weight excluding hydrogens is 260 g/mol. The minimum absolute atomic E-state index is 0.0327. The predicted octanol–water partition coefficient (Wildman–Crippen LogP) is 4.26. The average Bonchev–Trinajstić information content (AvgIpc) is 2.44. The van der Waals surface area contributed by atoms with E-state index >= 15 is 0 Å². The van der Waals surface area contributed by atoms with Gasteiger partial charge in [0.25, 0.3) is 0 Å². The van der Waals surface area contributed by atoms with Gasteiger partial charge in [0.05, 0.1) is 6.54 Å². The Balaban J connectivity index is 2.92. The van der Waals surface area contributed by atoms with Crippen LogP contribution in [0.1, 0.15) is 70.9 Å². The molecule has 1 unspecified atom stereocenters. The molecule has 0 aliphatic carbocycles. The number of carbonyl (C=O) groups excluding carboxylic acids is 1. The summed E-state index contributed by atoms with van der Waals surface area (Å²) < 4.78 is 0. The SMILES string of the molecule is CCC(C)NCC(=O)Nc1c(C(C)C)cccc1C(C)C. The summed E-state index contributed by atoms with van der Waals surface area (Å²) in [5.41, 5.74) is 3.41. The first kappa shape index (κ1) is 17.7. The third-order valence-electron chi connectivity index (χ3n) is 3.86. The van der Waals surface area contributed by atoms with E-state index in [4.69, 9.17) is 0 Å². The molecule has 0 aliphatic rings. The molecule has 0 heterocycles. The molecule has 0 bridgehead atoms. The molecule has 0 saturated carbocycles. The summed E-state index contributed by atoms with van der Waals surface area (Å²) in [5.74, 6) is 0.813. The lowest BCUT2D eigenvalue weighted by molar-refractivity contribution is -0.115. The Labute approximate surface area is 129 Å². The van der Waals surface area contributed by atoms with E-state index in [0.717, 1.165) is 12.1 Å². The lowest BCUT2D eigenvalue weighted by atomic mass is 9.92. The number of rotatable bonds is 7. The van der Waals surface area contributed by atoms with Gasteiger partial charge in [0.15, 0.2) is 0 Å². The molecule has 1 aromatic rings. The molecule has 2 N–H and O–H groups in total. The number of hydrogen-bond acceptors (Lipinski definition) is 2. The topological polar surface area (TPSA) is 41.1 Å². The lowest BCUT2D eigenvalue weighted by Crippen LogP contribution is -2.34. The fourth-order valence-electron chi connectivity index (χ4n) is 2.29. The zero-order chi connectivity index (χ0) is 16.0. The van der Waals surface area contributed by atoms with Gasteiger partial charge in [-0.25, -0.2) is 0 Å². The van der Waals surface area contributed by atoms with E-state index in [9.17, 15) is 4.79 Å². The molecule has 0 fully saturated rings. The highest BCUT2D eigenvalue weighted by Crippen LogP contribution is 2.32. The maximum atomic E-state index is 12.2. The number of benzene rings is 1. The van der Waals surface area contributed by atoms with Crippen molar-refractivity contribution in [1.82, 2.24) is 5.32 Å². The van der Waals surface area contributed by atoms with Gasteiger partial charge in [-0.1, -0.05) is 52.8 Å². The zero-order valence-electron chi connectivity index (χ0n) is 14.3. The van der Waals surface area contributed by atoms with Crippen LogP contribution in [0.3, 0.4) is 0 Å². The van der Waals surface area contributed by atoms with Gasteiger partial charge in [-0.2, -0.15) is 0 Å². The van der Waals surface area contributed by atoms with Crippen molar-refractivity contribution in [3.63, 3.8) is 0 Å².